The van der Waals surface area contributed by atoms with Gasteiger partial charge in [0.05, 0.1) is 24.6 Å². The van der Waals surface area contributed by atoms with E-state index in [0.717, 1.165) is 31.4 Å². The Morgan fingerprint density at radius 2 is 2.04 bits per heavy atom. The van der Waals surface area contributed by atoms with E-state index in [1.807, 2.05) is 20.8 Å². The molecular weight excluding hydrogens is 306 g/mol. The highest BCUT2D eigenvalue weighted by molar-refractivity contribution is 5.95. The quantitative estimate of drug-likeness (QED) is 0.574. The fraction of sp³-hybridized carbons (Fsp3) is 0.632. The van der Waals surface area contributed by atoms with Crippen LogP contribution in [0.1, 0.15) is 46.5 Å². The molecule has 0 radical (unpaired) electrons. The zero-order valence-electron chi connectivity index (χ0n) is 15.1. The van der Waals surface area contributed by atoms with Gasteiger partial charge in [-0.05, 0) is 52.0 Å². The Kier molecular flexibility index (Phi) is 5.55. The van der Waals surface area contributed by atoms with E-state index in [1.165, 1.54) is 7.11 Å². The maximum atomic E-state index is 12.7. The minimum Gasteiger partial charge on any atom is -0.466 e. The van der Waals surface area contributed by atoms with Crippen molar-refractivity contribution in [2.45, 2.75) is 58.1 Å². The first-order valence-corrected chi connectivity index (χ1v) is 8.44. The first-order chi connectivity index (χ1) is 11.3. The van der Waals surface area contributed by atoms with Crippen molar-refractivity contribution in [3.8, 4) is 0 Å². The molecule has 24 heavy (non-hydrogen) atoms. The van der Waals surface area contributed by atoms with Gasteiger partial charge in [0.2, 0.25) is 0 Å². The second-order valence-corrected chi connectivity index (χ2v) is 7.31. The third kappa shape index (κ3) is 4.09. The van der Waals surface area contributed by atoms with Crippen LogP contribution in [-0.4, -0.2) is 42.1 Å². The molecule has 2 rings (SSSR count). The molecule has 0 bridgehead atoms. The Morgan fingerprint density at radius 3 is 2.62 bits per heavy atom. The lowest BCUT2D eigenvalue weighted by Gasteiger charge is -2.38. The molecule has 0 spiro atoms. The van der Waals surface area contributed by atoms with Gasteiger partial charge < -0.3 is 14.4 Å². The molecule has 5 nitrogen and oxygen atoms in total. The number of hydrogen-bond acceptors (Lipinski definition) is 5. The molecule has 0 aromatic carbocycles. The summed E-state index contributed by atoms with van der Waals surface area (Å²) in [7, 11) is 1.33. The van der Waals surface area contributed by atoms with Crippen molar-refractivity contribution in [2.24, 2.45) is 5.92 Å². The monoisotopic (exact) mass is 333 g/mol. The van der Waals surface area contributed by atoms with E-state index in [4.69, 9.17) is 9.47 Å². The van der Waals surface area contributed by atoms with E-state index in [2.05, 4.69) is 17.2 Å². The molecule has 0 N–H and O–H groups in total. The van der Waals surface area contributed by atoms with Gasteiger partial charge >= 0.3 is 11.9 Å². The summed E-state index contributed by atoms with van der Waals surface area (Å²) in [5.74, 6) is -1.48. The van der Waals surface area contributed by atoms with Crippen molar-refractivity contribution in [2.75, 3.05) is 13.7 Å². The molecular formula is C19H27NO4. The SMILES string of the molecule is C=C=C1CCCCN2C=C(C(=O)OC)[C@H](C(=O)OC(C)(C)C)C[C@H]12. The second-order valence-electron chi connectivity index (χ2n) is 7.31. The van der Waals surface area contributed by atoms with Gasteiger partial charge in [-0.25, -0.2) is 4.79 Å². The van der Waals surface area contributed by atoms with Gasteiger partial charge in [-0.1, -0.05) is 6.58 Å². The summed E-state index contributed by atoms with van der Waals surface area (Å²) in [4.78, 5) is 27.0. The summed E-state index contributed by atoms with van der Waals surface area (Å²) in [5.41, 5.74) is 3.90. The molecule has 0 amide bonds. The Bertz CT molecular complexity index is 593. The van der Waals surface area contributed by atoms with Crippen molar-refractivity contribution in [1.29, 1.82) is 0 Å². The van der Waals surface area contributed by atoms with Crippen LogP contribution in [-0.2, 0) is 19.1 Å². The average Bonchev–Trinajstić information content (AvgIpc) is 2.72. The molecule has 2 aliphatic rings. The average molecular weight is 333 g/mol. The number of methoxy groups -OCH3 is 1. The second kappa shape index (κ2) is 7.27. The molecule has 2 heterocycles. The molecule has 1 saturated heterocycles. The van der Waals surface area contributed by atoms with Crippen molar-refractivity contribution < 1.29 is 19.1 Å². The standard InChI is InChI=1S/C19H27NO4/c1-6-13-9-7-8-10-20-12-15(17(21)23-5)14(11-16(13)20)18(22)24-19(2,3)4/h12,14,16H,1,7-11H2,2-5H3/t14-,16-/m1/s1. The van der Waals surface area contributed by atoms with Gasteiger partial charge in [-0.3, -0.25) is 4.79 Å². The highest BCUT2D eigenvalue weighted by atomic mass is 16.6. The maximum absolute atomic E-state index is 12.7. The van der Waals surface area contributed by atoms with E-state index < -0.39 is 17.5 Å². The number of fused-ring (bicyclic) bond motifs is 1. The van der Waals surface area contributed by atoms with Crippen LogP contribution in [0, 0.1) is 5.92 Å². The summed E-state index contributed by atoms with van der Waals surface area (Å²) in [5, 5.41) is 0. The number of carbonyl (C=O) groups excluding carboxylic acids is 2. The smallest absolute Gasteiger partial charge is 0.336 e. The Labute approximate surface area is 144 Å². The van der Waals surface area contributed by atoms with Crippen LogP contribution in [0.15, 0.2) is 29.7 Å². The van der Waals surface area contributed by atoms with E-state index >= 15 is 0 Å². The molecule has 5 heteroatoms. The highest BCUT2D eigenvalue weighted by Crippen LogP contribution is 2.35. The van der Waals surface area contributed by atoms with Crippen LogP contribution in [0.25, 0.3) is 0 Å². The largest absolute Gasteiger partial charge is 0.466 e. The van der Waals surface area contributed by atoms with Crippen LogP contribution < -0.4 is 0 Å². The molecule has 0 unspecified atom stereocenters. The van der Waals surface area contributed by atoms with Gasteiger partial charge in [0.1, 0.15) is 5.60 Å². The van der Waals surface area contributed by atoms with Crippen molar-refractivity contribution in [3.63, 3.8) is 0 Å². The van der Waals surface area contributed by atoms with E-state index in [9.17, 15) is 9.59 Å². The first kappa shape index (κ1) is 18.3. The molecule has 0 aliphatic carbocycles. The number of carbonyl (C=O) groups is 2. The highest BCUT2D eigenvalue weighted by Gasteiger charge is 2.40. The molecule has 2 atom stereocenters. The van der Waals surface area contributed by atoms with E-state index in [0.29, 0.717) is 12.0 Å². The predicted molar refractivity (Wildman–Crippen MR) is 91.0 cm³/mol. The first-order valence-electron chi connectivity index (χ1n) is 8.44. The van der Waals surface area contributed by atoms with Crippen LogP contribution in [0.5, 0.6) is 0 Å². The lowest BCUT2D eigenvalue weighted by Crippen LogP contribution is -2.43. The summed E-state index contributed by atoms with van der Waals surface area (Å²) < 4.78 is 10.4. The zero-order valence-corrected chi connectivity index (χ0v) is 15.1. The lowest BCUT2D eigenvalue weighted by atomic mass is 9.84. The van der Waals surface area contributed by atoms with Gasteiger partial charge in [0.15, 0.2) is 0 Å². The van der Waals surface area contributed by atoms with Gasteiger partial charge in [0.25, 0.3) is 0 Å². The van der Waals surface area contributed by atoms with Crippen molar-refractivity contribution in [1.82, 2.24) is 4.90 Å². The van der Waals surface area contributed by atoms with E-state index in [-0.39, 0.29) is 12.0 Å². The molecule has 0 saturated carbocycles. The number of esters is 2. The number of nitrogens with zero attached hydrogens (tertiary/aromatic N) is 1. The summed E-state index contributed by atoms with van der Waals surface area (Å²) in [6.45, 7) is 10.1. The topological polar surface area (TPSA) is 55.8 Å². The van der Waals surface area contributed by atoms with Crippen molar-refractivity contribution >= 4 is 11.9 Å². The minimum atomic E-state index is -0.626. The Morgan fingerprint density at radius 1 is 1.33 bits per heavy atom. The summed E-state index contributed by atoms with van der Waals surface area (Å²) >= 11 is 0. The van der Waals surface area contributed by atoms with Crippen LogP contribution in [0.4, 0.5) is 0 Å². The third-order valence-corrected chi connectivity index (χ3v) is 4.39. The molecule has 1 fully saturated rings. The summed E-state index contributed by atoms with van der Waals surface area (Å²) in [6, 6.07) is 0.0379. The van der Waals surface area contributed by atoms with Gasteiger partial charge in [0, 0.05) is 12.7 Å². The Hall–Kier alpha value is -2.00. The normalized spacial score (nSPS) is 24.2. The van der Waals surface area contributed by atoms with E-state index in [1.54, 1.807) is 6.20 Å². The van der Waals surface area contributed by atoms with Crippen molar-refractivity contribution in [3.05, 3.63) is 29.7 Å². The third-order valence-electron chi connectivity index (χ3n) is 4.39. The lowest BCUT2D eigenvalue weighted by molar-refractivity contribution is -0.161. The fourth-order valence-electron chi connectivity index (χ4n) is 3.30. The number of ether oxygens (including phenoxy) is 2. The van der Waals surface area contributed by atoms with Gasteiger partial charge in [-0.2, -0.15) is 0 Å². The molecule has 2 aliphatic heterocycles. The molecule has 0 aromatic rings. The number of rotatable bonds is 2. The Balaban J connectivity index is 2.38. The van der Waals surface area contributed by atoms with Gasteiger partial charge in [-0.15, -0.1) is 5.73 Å². The minimum absolute atomic E-state index is 0.0379. The fourth-order valence-corrected chi connectivity index (χ4v) is 3.30. The zero-order chi connectivity index (χ0) is 17.9. The molecule has 132 valence electrons. The predicted octanol–water partition coefficient (Wildman–Crippen LogP) is 2.97. The van der Waals surface area contributed by atoms with Crippen LogP contribution in [0.3, 0.4) is 0 Å². The number of hydrogen-bond donors (Lipinski definition) is 0. The molecule has 0 aromatic heterocycles. The van der Waals surface area contributed by atoms with Crippen LogP contribution in [0.2, 0.25) is 0 Å². The van der Waals surface area contributed by atoms with Crippen LogP contribution >= 0.6 is 0 Å². The maximum Gasteiger partial charge on any atom is 0.336 e. The summed E-state index contributed by atoms with van der Waals surface area (Å²) in [6.07, 6.45) is 5.28.